The third kappa shape index (κ3) is 7.89. The van der Waals surface area contributed by atoms with Crippen LogP contribution in [0.3, 0.4) is 0 Å². The minimum atomic E-state index is -0.774. The molecule has 2 aromatic carbocycles. The third-order valence-electron chi connectivity index (χ3n) is 7.94. The fraction of sp³-hybridized carbons (Fsp3) is 0.529. The first-order valence-electron chi connectivity index (χ1n) is 15.5. The maximum atomic E-state index is 13.6. The molecule has 0 saturated carbocycles. The molecule has 0 aromatic heterocycles. The number of aliphatic hydroxyl groups is 1. The third-order valence-corrected chi connectivity index (χ3v) is 7.94. The smallest absolute Gasteiger partial charge is 0.295 e. The summed E-state index contributed by atoms with van der Waals surface area (Å²) in [5.41, 5.74) is 2.03. The molecule has 2 saturated heterocycles. The number of likely N-dealkylation sites (tertiary alicyclic amines) is 1. The Morgan fingerprint density at radius 1 is 0.907 bits per heavy atom. The van der Waals surface area contributed by atoms with Crippen molar-refractivity contribution >= 4 is 17.4 Å². The van der Waals surface area contributed by atoms with Crippen LogP contribution in [0.4, 0.5) is 0 Å². The number of methoxy groups -OCH3 is 1. The van der Waals surface area contributed by atoms with Crippen LogP contribution in [-0.4, -0.2) is 86.3 Å². The second kappa shape index (κ2) is 15.8. The summed E-state index contributed by atoms with van der Waals surface area (Å²) >= 11 is 0. The monoisotopic (exact) mass is 594 g/mol. The Bertz CT molecular complexity index is 1290. The van der Waals surface area contributed by atoms with Crippen molar-refractivity contribution < 1.29 is 33.6 Å². The lowest BCUT2D eigenvalue weighted by atomic mass is 9.94. The van der Waals surface area contributed by atoms with E-state index in [-0.39, 0.29) is 11.3 Å². The topological polar surface area (TPSA) is 97.8 Å². The summed E-state index contributed by atoms with van der Waals surface area (Å²) < 4.78 is 22.9. The highest BCUT2D eigenvalue weighted by atomic mass is 16.5. The molecule has 1 unspecified atom stereocenters. The minimum Gasteiger partial charge on any atom is -0.507 e. The Balaban J connectivity index is 1.69. The van der Waals surface area contributed by atoms with Crippen LogP contribution in [0.1, 0.15) is 68.7 Å². The predicted octanol–water partition coefficient (Wildman–Crippen LogP) is 5.51. The Morgan fingerprint density at radius 2 is 1.65 bits per heavy atom. The Morgan fingerprint density at radius 3 is 2.35 bits per heavy atom. The molecule has 0 aliphatic carbocycles. The molecule has 234 valence electrons. The number of Topliss-reactive ketones (excluding diaryl/α,β-unsaturated/α-hetero) is 1. The lowest BCUT2D eigenvalue weighted by molar-refractivity contribution is -0.140. The maximum Gasteiger partial charge on any atom is 0.295 e. The quantitative estimate of drug-likeness (QED) is 0.125. The molecule has 0 bridgehead atoms. The van der Waals surface area contributed by atoms with Gasteiger partial charge in [-0.25, -0.2) is 0 Å². The molecule has 1 atom stereocenters. The molecule has 2 aromatic rings. The van der Waals surface area contributed by atoms with Crippen LogP contribution in [0, 0.1) is 6.92 Å². The molecule has 4 rings (SSSR count). The number of carbonyl (C=O) groups is 2. The number of unbranched alkanes of at least 4 members (excludes halogenated alkanes) is 2. The summed E-state index contributed by atoms with van der Waals surface area (Å²) in [5.74, 6) is 0.315. The number of rotatable bonds is 15. The van der Waals surface area contributed by atoms with Crippen molar-refractivity contribution in [2.24, 2.45) is 0 Å². The molecule has 9 heteroatoms. The maximum absolute atomic E-state index is 13.6. The van der Waals surface area contributed by atoms with Crippen LogP contribution in [0.2, 0.25) is 0 Å². The van der Waals surface area contributed by atoms with E-state index in [0.29, 0.717) is 62.0 Å². The van der Waals surface area contributed by atoms with E-state index in [1.165, 1.54) is 0 Å². The first-order chi connectivity index (χ1) is 20.9. The molecule has 0 radical (unpaired) electrons. The van der Waals surface area contributed by atoms with Crippen LogP contribution in [-0.2, 0) is 14.3 Å². The van der Waals surface area contributed by atoms with Crippen molar-refractivity contribution in [3.05, 3.63) is 58.7 Å². The zero-order chi connectivity index (χ0) is 30.8. The van der Waals surface area contributed by atoms with E-state index in [0.717, 1.165) is 56.6 Å². The summed E-state index contributed by atoms with van der Waals surface area (Å²) in [7, 11) is 1.57. The highest BCUT2D eigenvalue weighted by Crippen LogP contribution is 2.42. The predicted molar refractivity (Wildman–Crippen MR) is 166 cm³/mol. The van der Waals surface area contributed by atoms with Crippen molar-refractivity contribution in [2.75, 3.05) is 59.7 Å². The number of ether oxygens (including phenoxy) is 4. The van der Waals surface area contributed by atoms with Crippen LogP contribution < -0.4 is 14.2 Å². The van der Waals surface area contributed by atoms with Gasteiger partial charge < -0.3 is 29.0 Å². The van der Waals surface area contributed by atoms with Gasteiger partial charge in [-0.3, -0.25) is 14.5 Å². The first-order valence-corrected chi connectivity index (χ1v) is 15.5. The van der Waals surface area contributed by atoms with E-state index in [1.54, 1.807) is 36.3 Å². The molecule has 2 heterocycles. The van der Waals surface area contributed by atoms with Crippen molar-refractivity contribution in [3.8, 4) is 17.2 Å². The van der Waals surface area contributed by atoms with Crippen LogP contribution >= 0.6 is 0 Å². The van der Waals surface area contributed by atoms with Gasteiger partial charge in [0.1, 0.15) is 11.5 Å². The minimum absolute atomic E-state index is 0.0664. The van der Waals surface area contributed by atoms with Gasteiger partial charge in [-0.05, 0) is 67.6 Å². The van der Waals surface area contributed by atoms with Gasteiger partial charge in [0.2, 0.25) is 0 Å². The fourth-order valence-corrected chi connectivity index (χ4v) is 5.58. The Labute approximate surface area is 255 Å². The summed E-state index contributed by atoms with van der Waals surface area (Å²) in [6, 6.07) is 10.0. The van der Waals surface area contributed by atoms with Gasteiger partial charge in [0.05, 0.1) is 45.2 Å². The van der Waals surface area contributed by atoms with Gasteiger partial charge >= 0.3 is 0 Å². The summed E-state index contributed by atoms with van der Waals surface area (Å²) in [6.45, 7) is 11.5. The van der Waals surface area contributed by atoms with Crippen LogP contribution in [0.25, 0.3) is 5.76 Å². The lowest BCUT2D eigenvalue weighted by Gasteiger charge is -2.29. The lowest BCUT2D eigenvalue weighted by Crippen LogP contribution is -2.39. The SMILES string of the molecule is CCCCCOc1ccc(C2C(=C(O)c3ccc(OCCC)c(C)c3)C(=O)C(=O)N2CCCN2CCOCC2)cc1OC. The van der Waals surface area contributed by atoms with E-state index in [9.17, 15) is 14.7 Å². The number of aryl methyl sites for hydroxylation is 1. The van der Waals surface area contributed by atoms with Crippen molar-refractivity contribution in [3.63, 3.8) is 0 Å². The van der Waals surface area contributed by atoms with Gasteiger partial charge in [0, 0.05) is 31.7 Å². The van der Waals surface area contributed by atoms with Crippen molar-refractivity contribution in [2.45, 2.75) is 58.9 Å². The van der Waals surface area contributed by atoms with E-state index in [4.69, 9.17) is 18.9 Å². The molecule has 43 heavy (non-hydrogen) atoms. The summed E-state index contributed by atoms with van der Waals surface area (Å²) in [5, 5.41) is 11.6. The first kappa shape index (κ1) is 32.4. The Kier molecular flexibility index (Phi) is 11.9. The summed E-state index contributed by atoms with van der Waals surface area (Å²) in [6.07, 6.45) is 4.67. The van der Waals surface area contributed by atoms with Crippen LogP contribution in [0.5, 0.6) is 17.2 Å². The normalized spacial score (nSPS) is 18.7. The van der Waals surface area contributed by atoms with Gasteiger partial charge in [0.15, 0.2) is 11.5 Å². The molecule has 2 aliphatic rings. The van der Waals surface area contributed by atoms with Gasteiger partial charge in [-0.1, -0.05) is 32.8 Å². The number of carbonyl (C=O) groups excluding carboxylic acids is 2. The molecule has 1 N–H and O–H groups in total. The Hall–Kier alpha value is -3.56. The number of morpholine rings is 1. The van der Waals surface area contributed by atoms with E-state index in [2.05, 4.69) is 11.8 Å². The number of hydrogen-bond donors (Lipinski definition) is 1. The second-order valence-electron chi connectivity index (χ2n) is 11.1. The number of ketones is 1. The molecular formula is C34H46N2O7. The van der Waals surface area contributed by atoms with Gasteiger partial charge in [-0.2, -0.15) is 0 Å². The van der Waals surface area contributed by atoms with E-state index in [1.807, 2.05) is 26.0 Å². The highest BCUT2D eigenvalue weighted by molar-refractivity contribution is 6.46. The average Bonchev–Trinajstić information content (AvgIpc) is 3.27. The fourth-order valence-electron chi connectivity index (χ4n) is 5.58. The zero-order valence-electron chi connectivity index (χ0n) is 26.0. The molecule has 9 nitrogen and oxygen atoms in total. The number of hydrogen-bond acceptors (Lipinski definition) is 8. The van der Waals surface area contributed by atoms with Gasteiger partial charge in [0.25, 0.3) is 11.7 Å². The number of amides is 1. The second-order valence-corrected chi connectivity index (χ2v) is 11.1. The molecule has 2 aliphatic heterocycles. The average molecular weight is 595 g/mol. The zero-order valence-corrected chi connectivity index (χ0v) is 26.0. The summed E-state index contributed by atoms with van der Waals surface area (Å²) in [4.78, 5) is 31.0. The number of aliphatic hydroxyl groups excluding tert-OH is 1. The van der Waals surface area contributed by atoms with Crippen molar-refractivity contribution in [1.82, 2.24) is 9.80 Å². The largest absolute Gasteiger partial charge is 0.507 e. The number of nitrogens with zero attached hydrogens (tertiary/aromatic N) is 2. The molecule has 0 spiro atoms. The number of benzene rings is 2. The molecule has 2 fully saturated rings. The molecule has 1 amide bonds. The molecular weight excluding hydrogens is 548 g/mol. The highest BCUT2D eigenvalue weighted by Gasteiger charge is 2.46. The van der Waals surface area contributed by atoms with E-state index < -0.39 is 17.7 Å². The van der Waals surface area contributed by atoms with Crippen LogP contribution in [0.15, 0.2) is 42.0 Å². The van der Waals surface area contributed by atoms with Crippen molar-refractivity contribution in [1.29, 1.82) is 0 Å². The van der Waals surface area contributed by atoms with E-state index >= 15 is 0 Å². The standard InChI is InChI=1S/C34H46N2O7/c1-5-7-8-19-43-28-13-10-25(23-29(28)40-4)31-30(32(37)26-11-12-27(24(3)22-26)42-18-6-2)33(38)34(39)36(31)15-9-14-35-16-20-41-21-17-35/h10-13,22-23,31,37H,5-9,14-21H2,1-4H3. The van der Waals surface area contributed by atoms with Gasteiger partial charge in [-0.15, -0.1) is 0 Å².